The lowest BCUT2D eigenvalue weighted by molar-refractivity contribution is -0.157. The minimum Gasteiger partial charge on any atom is -0.480 e. The second-order valence-corrected chi connectivity index (χ2v) is 7.89. The molecule has 0 heterocycles. The molecule has 0 amide bonds. The Kier molecular flexibility index (Phi) is 30.5. The zero-order valence-electron chi connectivity index (χ0n) is 22.3. The van der Waals surface area contributed by atoms with Crippen LogP contribution in [0.4, 0.5) is 0 Å². The van der Waals surface area contributed by atoms with Crippen molar-refractivity contribution >= 4 is 35.8 Å². The number of rotatable bonds is 14. The Bertz CT molecular complexity index is 710. The summed E-state index contributed by atoms with van der Waals surface area (Å²) in [6.07, 6.45) is 2.54. The molecule has 0 aliphatic rings. The van der Waals surface area contributed by atoms with Gasteiger partial charge in [0.15, 0.2) is 0 Å². The van der Waals surface area contributed by atoms with Crippen LogP contribution in [-0.4, -0.2) is 102 Å². The molecular formula is C21H45N7O11. The van der Waals surface area contributed by atoms with E-state index in [0.29, 0.717) is 25.3 Å². The fourth-order valence-corrected chi connectivity index (χ4v) is 1.80. The van der Waals surface area contributed by atoms with Crippen molar-refractivity contribution in [2.75, 3.05) is 32.8 Å². The Labute approximate surface area is 226 Å². The molecule has 0 unspecified atom stereocenters. The summed E-state index contributed by atoms with van der Waals surface area (Å²) in [5.41, 5.74) is 35.4. The molecule has 18 heteroatoms. The van der Waals surface area contributed by atoms with Crippen molar-refractivity contribution < 1.29 is 53.6 Å². The van der Waals surface area contributed by atoms with E-state index in [1.807, 2.05) is 13.8 Å². The molecular weight excluding hydrogens is 526 g/mol. The number of nitrogens with two attached hydrogens (primary N) is 7. The van der Waals surface area contributed by atoms with Crippen LogP contribution >= 0.6 is 0 Å². The number of carbonyl (C=O) groups is 6. The summed E-state index contributed by atoms with van der Waals surface area (Å²) >= 11 is 0. The molecule has 0 radical (unpaired) electrons. The summed E-state index contributed by atoms with van der Waals surface area (Å²) < 4.78 is 8.68. The van der Waals surface area contributed by atoms with Crippen LogP contribution in [-0.2, 0) is 38.2 Å². The highest BCUT2D eigenvalue weighted by atomic mass is 16.6. The van der Waals surface area contributed by atoms with Crippen LogP contribution in [0.3, 0.4) is 0 Å². The van der Waals surface area contributed by atoms with E-state index in [1.165, 1.54) is 0 Å². The van der Waals surface area contributed by atoms with Crippen molar-refractivity contribution in [3.8, 4) is 0 Å². The van der Waals surface area contributed by atoms with Gasteiger partial charge in [0, 0.05) is 0 Å². The SMILES string of the molecule is CC(C)C[C@H](N)C(=O)O.NCC(=O)O.NCC(=O)OC(=O)CN.NCCCC[C@H](N)C(=O)OC[C@H](N)C(=O)O. The average Bonchev–Trinajstić information content (AvgIpc) is 2.87. The Hall–Kier alpha value is -3.26. The van der Waals surface area contributed by atoms with Gasteiger partial charge in [0.1, 0.15) is 24.7 Å². The van der Waals surface area contributed by atoms with Crippen molar-refractivity contribution in [1.82, 2.24) is 0 Å². The molecule has 18 nitrogen and oxygen atoms in total. The minimum atomic E-state index is -1.22. The topological polar surface area (TPSA) is 364 Å². The minimum absolute atomic E-state index is 0.278. The molecule has 0 bridgehead atoms. The molecule has 0 aromatic heterocycles. The highest BCUT2D eigenvalue weighted by Crippen LogP contribution is 2.02. The van der Waals surface area contributed by atoms with Gasteiger partial charge in [0.05, 0.1) is 19.6 Å². The van der Waals surface area contributed by atoms with E-state index in [4.69, 9.17) is 49.7 Å². The summed E-state index contributed by atoms with van der Waals surface area (Å²) in [5.74, 6) is -4.89. The van der Waals surface area contributed by atoms with E-state index in [-0.39, 0.29) is 26.2 Å². The quantitative estimate of drug-likeness (QED) is 0.0536. The van der Waals surface area contributed by atoms with Crippen LogP contribution < -0.4 is 40.1 Å². The molecule has 0 saturated carbocycles. The van der Waals surface area contributed by atoms with Gasteiger partial charge >= 0.3 is 35.8 Å². The number of carbonyl (C=O) groups excluding carboxylic acids is 3. The van der Waals surface area contributed by atoms with Crippen LogP contribution in [0.1, 0.15) is 39.5 Å². The van der Waals surface area contributed by atoms with Crippen molar-refractivity contribution in [1.29, 1.82) is 0 Å². The van der Waals surface area contributed by atoms with Crippen molar-refractivity contribution in [3.63, 3.8) is 0 Å². The Morgan fingerprint density at radius 1 is 0.692 bits per heavy atom. The summed E-state index contributed by atoms with van der Waals surface area (Å²) in [6.45, 7) is 3.20. The van der Waals surface area contributed by atoms with Crippen LogP contribution in [0, 0.1) is 5.92 Å². The maximum absolute atomic E-state index is 11.2. The summed E-state index contributed by atoms with van der Waals surface area (Å²) in [5, 5.41) is 24.3. The van der Waals surface area contributed by atoms with Gasteiger partial charge in [-0.25, -0.2) is 0 Å². The number of hydrogen-bond acceptors (Lipinski definition) is 15. The molecule has 0 fully saturated rings. The molecule has 0 rings (SSSR count). The number of ether oxygens (including phenoxy) is 2. The van der Waals surface area contributed by atoms with Gasteiger partial charge in [0.2, 0.25) is 0 Å². The smallest absolute Gasteiger partial charge is 0.327 e. The highest BCUT2D eigenvalue weighted by molar-refractivity contribution is 5.87. The van der Waals surface area contributed by atoms with E-state index >= 15 is 0 Å². The lowest BCUT2D eigenvalue weighted by Crippen LogP contribution is -2.39. The van der Waals surface area contributed by atoms with Crippen LogP contribution in [0.2, 0.25) is 0 Å². The normalized spacial score (nSPS) is 11.9. The Balaban J connectivity index is -0.000000228. The Morgan fingerprint density at radius 2 is 1.13 bits per heavy atom. The lowest BCUT2D eigenvalue weighted by Gasteiger charge is -2.12. The number of carboxylic acid groups (broad SMARTS) is 3. The first-order valence-electron chi connectivity index (χ1n) is 11.6. The second-order valence-electron chi connectivity index (χ2n) is 7.89. The third kappa shape index (κ3) is 34.7. The van der Waals surface area contributed by atoms with Gasteiger partial charge in [-0.05, 0) is 31.7 Å². The zero-order chi connectivity index (χ0) is 31.6. The Morgan fingerprint density at radius 3 is 1.41 bits per heavy atom. The zero-order valence-corrected chi connectivity index (χ0v) is 22.3. The first kappa shape index (κ1) is 42.8. The number of unbranched alkanes of at least 4 members (excludes halogenated alkanes) is 1. The molecule has 39 heavy (non-hydrogen) atoms. The van der Waals surface area contributed by atoms with Gasteiger partial charge in [-0.1, -0.05) is 20.3 Å². The third-order valence-corrected chi connectivity index (χ3v) is 3.77. The molecule has 0 aliphatic heterocycles. The number of hydrogen-bond donors (Lipinski definition) is 10. The van der Waals surface area contributed by atoms with E-state index in [1.54, 1.807) is 0 Å². The number of carboxylic acids is 3. The van der Waals surface area contributed by atoms with Crippen molar-refractivity contribution in [2.45, 2.75) is 57.7 Å². The van der Waals surface area contributed by atoms with Gasteiger partial charge in [-0.2, -0.15) is 0 Å². The number of esters is 3. The van der Waals surface area contributed by atoms with E-state index in [0.717, 1.165) is 12.8 Å². The van der Waals surface area contributed by atoms with Gasteiger partial charge < -0.3 is 64.9 Å². The van der Waals surface area contributed by atoms with Gasteiger partial charge in [0.25, 0.3) is 0 Å². The second kappa shape index (κ2) is 27.8. The molecule has 0 aromatic rings. The maximum atomic E-state index is 11.2. The van der Waals surface area contributed by atoms with Crippen LogP contribution in [0.5, 0.6) is 0 Å². The molecule has 230 valence electrons. The summed E-state index contributed by atoms with van der Waals surface area (Å²) in [6, 6.07) is -2.64. The van der Waals surface area contributed by atoms with Crippen molar-refractivity contribution in [3.05, 3.63) is 0 Å². The van der Waals surface area contributed by atoms with E-state index in [9.17, 15) is 28.8 Å². The largest absolute Gasteiger partial charge is 0.480 e. The van der Waals surface area contributed by atoms with Crippen LogP contribution in [0.15, 0.2) is 0 Å². The maximum Gasteiger partial charge on any atom is 0.327 e. The van der Waals surface area contributed by atoms with E-state index in [2.05, 4.69) is 15.2 Å². The predicted molar refractivity (Wildman–Crippen MR) is 138 cm³/mol. The van der Waals surface area contributed by atoms with Crippen LogP contribution in [0.25, 0.3) is 0 Å². The molecule has 0 spiro atoms. The predicted octanol–water partition coefficient (Wildman–Crippen LogP) is -4.15. The molecule has 0 aliphatic carbocycles. The molecule has 0 aromatic carbocycles. The standard InChI is InChI=1S/C9H19N3O4.C6H13NO2.C4H8N2O3.C2H5NO2/c10-4-2-1-3-6(11)9(15)16-5-7(12)8(13)14;1-4(2)3-5(7)6(8)9;5-1-3(7)9-4(8)2-6;3-1-2(4)5/h6-7H,1-5,10-12H2,(H,13,14);4-5H,3,7H2,1-2H3,(H,8,9);1-2,5-6H2;1,3H2,(H,4,5)/t6-,7-;5-;;/m00../s1. The third-order valence-electron chi connectivity index (χ3n) is 3.77. The van der Waals surface area contributed by atoms with Gasteiger partial charge in [-0.3, -0.25) is 28.8 Å². The molecule has 0 saturated heterocycles. The van der Waals surface area contributed by atoms with Crippen molar-refractivity contribution in [2.24, 2.45) is 46.1 Å². The fraction of sp³-hybridized carbons (Fsp3) is 0.714. The molecule has 17 N–H and O–H groups in total. The number of aliphatic carboxylic acids is 3. The first-order valence-corrected chi connectivity index (χ1v) is 11.6. The summed E-state index contributed by atoms with van der Waals surface area (Å²) in [7, 11) is 0. The van der Waals surface area contributed by atoms with E-state index < -0.39 is 53.9 Å². The average molecular weight is 572 g/mol. The lowest BCUT2D eigenvalue weighted by atomic mass is 10.1. The fourth-order valence-electron chi connectivity index (χ4n) is 1.80. The monoisotopic (exact) mass is 571 g/mol. The highest BCUT2D eigenvalue weighted by Gasteiger charge is 2.18. The molecule has 3 atom stereocenters. The summed E-state index contributed by atoms with van der Waals surface area (Å²) in [4.78, 5) is 61.2. The van der Waals surface area contributed by atoms with Gasteiger partial charge in [-0.15, -0.1) is 0 Å². The first-order chi connectivity index (χ1) is 18.0.